The van der Waals surface area contributed by atoms with Crippen molar-refractivity contribution in [2.24, 2.45) is 11.8 Å². The standard InChI is InChI=1S/C21H28ClN3O5S/c22-15-6-8-16(9-7-15)25-13-14(12-19(25)26)21(27)30-11-3-10-23-20-17-4-1-2-5-18(17)31(28,29)24-20/h6-9,14,17-18,20,23-24H,1-5,10-13H2. The summed E-state index contributed by atoms with van der Waals surface area (Å²) in [5, 5.41) is 3.56. The van der Waals surface area contributed by atoms with Crippen molar-refractivity contribution in [2.75, 3.05) is 24.6 Å². The summed E-state index contributed by atoms with van der Waals surface area (Å²) in [5.41, 5.74) is 0.717. The molecule has 31 heavy (non-hydrogen) atoms. The Bertz CT molecular complexity index is 923. The topological polar surface area (TPSA) is 105 Å². The molecule has 8 nitrogen and oxygen atoms in total. The zero-order valence-electron chi connectivity index (χ0n) is 17.3. The summed E-state index contributed by atoms with van der Waals surface area (Å²) in [6, 6.07) is 6.94. The largest absolute Gasteiger partial charge is 0.465 e. The van der Waals surface area contributed by atoms with Gasteiger partial charge in [-0.05, 0) is 50.1 Å². The third kappa shape index (κ3) is 5.05. The van der Waals surface area contributed by atoms with Crippen molar-refractivity contribution in [3.63, 3.8) is 0 Å². The summed E-state index contributed by atoms with van der Waals surface area (Å²) in [6.07, 6.45) is 4.11. The molecular weight excluding hydrogens is 442 g/mol. The van der Waals surface area contributed by atoms with E-state index in [4.69, 9.17) is 16.3 Å². The minimum Gasteiger partial charge on any atom is -0.465 e. The number of halogens is 1. The monoisotopic (exact) mass is 469 g/mol. The number of esters is 1. The minimum absolute atomic E-state index is 0.102. The van der Waals surface area contributed by atoms with Crippen LogP contribution in [0.5, 0.6) is 0 Å². The fourth-order valence-electron chi connectivity index (χ4n) is 4.79. The maximum atomic E-state index is 12.4. The Labute approximate surface area is 187 Å². The maximum absolute atomic E-state index is 12.4. The maximum Gasteiger partial charge on any atom is 0.311 e. The molecule has 1 amide bonds. The van der Waals surface area contributed by atoms with E-state index in [1.54, 1.807) is 29.2 Å². The van der Waals surface area contributed by atoms with E-state index in [1.165, 1.54) is 0 Å². The highest BCUT2D eigenvalue weighted by Crippen LogP contribution is 2.35. The molecule has 1 aliphatic carbocycles. The second-order valence-electron chi connectivity index (χ2n) is 8.48. The van der Waals surface area contributed by atoms with E-state index in [2.05, 4.69) is 10.0 Å². The Morgan fingerprint density at radius 1 is 1.23 bits per heavy atom. The summed E-state index contributed by atoms with van der Waals surface area (Å²) in [7, 11) is -3.24. The highest BCUT2D eigenvalue weighted by atomic mass is 35.5. The number of sulfonamides is 1. The normalized spacial score (nSPS) is 29.7. The predicted octanol–water partition coefficient (Wildman–Crippen LogP) is 2.03. The lowest BCUT2D eigenvalue weighted by Gasteiger charge is -2.26. The average Bonchev–Trinajstić information content (AvgIpc) is 3.26. The molecule has 0 radical (unpaired) electrons. The number of rotatable bonds is 7. The highest BCUT2D eigenvalue weighted by Gasteiger charge is 2.47. The third-order valence-corrected chi connectivity index (χ3v) is 8.61. The van der Waals surface area contributed by atoms with E-state index in [9.17, 15) is 18.0 Å². The first kappa shape index (κ1) is 22.5. The lowest BCUT2D eigenvalue weighted by atomic mass is 9.87. The smallest absolute Gasteiger partial charge is 0.311 e. The molecule has 0 bridgehead atoms. The van der Waals surface area contributed by atoms with E-state index in [1.807, 2.05) is 0 Å². The molecule has 1 saturated carbocycles. The summed E-state index contributed by atoms with van der Waals surface area (Å²) in [6.45, 7) is 1.07. The van der Waals surface area contributed by atoms with Gasteiger partial charge in [0.15, 0.2) is 0 Å². The molecule has 2 N–H and O–H groups in total. The molecule has 4 rings (SSSR count). The molecule has 3 fully saturated rings. The lowest BCUT2D eigenvalue weighted by molar-refractivity contribution is -0.148. The van der Waals surface area contributed by atoms with Crippen LogP contribution in [0.15, 0.2) is 24.3 Å². The van der Waals surface area contributed by atoms with Gasteiger partial charge in [-0.3, -0.25) is 9.59 Å². The van der Waals surface area contributed by atoms with Crippen molar-refractivity contribution >= 4 is 39.2 Å². The number of hydrogen-bond acceptors (Lipinski definition) is 6. The second kappa shape index (κ2) is 9.44. The van der Waals surface area contributed by atoms with E-state index >= 15 is 0 Å². The molecule has 2 aliphatic heterocycles. The van der Waals surface area contributed by atoms with Crippen molar-refractivity contribution in [2.45, 2.75) is 49.9 Å². The number of benzene rings is 1. The number of nitrogens with one attached hydrogen (secondary N) is 2. The molecular formula is C21H28ClN3O5S. The number of anilines is 1. The third-order valence-electron chi connectivity index (χ3n) is 6.40. The van der Waals surface area contributed by atoms with E-state index in [0.717, 1.165) is 25.7 Å². The van der Waals surface area contributed by atoms with Crippen molar-refractivity contribution in [1.82, 2.24) is 10.0 Å². The quantitative estimate of drug-likeness (QED) is 0.467. The number of ether oxygens (including phenoxy) is 1. The molecule has 2 saturated heterocycles. The average molecular weight is 470 g/mol. The van der Waals surface area contributed by atoms with Gasteiger partial charge in [0.25, 0.3) is 0 Å². The molecule has 1 aromatic rings. The number of hydrogen-bond donors (Lipinski definition) is 2. The molecule has 2 heterocycles. The first-order valence-electron chi connectivity index (χ1n) is 10.8. The van der Waals surface area contributed by atoms with Gasteiger partial charge < -0.3 is 15.0 Å². The van der Waals surface area contributed by atoms with E-state index < -0.39 is 15.9 Å². The van der Waals surface area contributed by atoms with Crippen molar-refractivity contribution in [1.29, 1.82) is 0 Å². The number of carbonyl (C=O) groups is 2. The molecule has 0 aromatic heterocycles. The zero-order valence-corrected chi connectivity index (χ0v) is 18.8. The van der Waals surface area contributed by atoms with Gasteiger partial charge in [0, 0.05) is 29.6 Å². The summed E-state index contributed by atoms with van der Waals surface area (Å²) in [4.78, 5) is 26.2. The van der Waals surface area contributed by atoms with Crippen LogP contribution < -0.4 is 14.9 Å². The Hall–Kier alpha value is -1.68. The number of amides is 1. The molecule has 4 unspecified atom stereocenters. The minimum atomic E-state index is -3.24. The van der Waals surface area contributed by atoms with Crippen LogP contribution in [0.3, 0.4) is 0 Å². The Balaban J connectivity index is 1.19. The van der Waals surface area contributed by atoms with Gasteiger partial charge in [-0.15, -0.1) is 0 Å². The van der Waals surface area contributed by atoms with Gasteiger partial charge in [0.2, 0.25) is 15.9 Å². The van der Waals surface area contributed by atoms with Crippen molar-refractivity contribution in [3.8, 4) is 0 Å². The van der Waals surface area contributed by atoms with Crippen LogP contribution in [0, 0.1) is 11.8 Å². The van der Waals surface area contributed by atoms with Crippen LogP contribution >= 0.6 is 11.6 Å². The Morgan fingerprint density at radius 2 is 1.97 bits per heavy atom. The van der Waals surface area contributed by atoms with Crippen LogP contribution in [-0.4, -0.2) is 51.4 Å². The van der Waals surface area contributed by atoms with Gasteiger partial charge in [-0.25, -0.2) is 8.42 Å². The summed E-state index contributed by atoms with van der Waals surface area (Å²) in [5.74, 6) is -0.870. The summed E-state index contributed by atoms with van der Waals surface area (Å²) < 4.78 is 32.6. The van der Waals surface area contributed by atoms with Gasteiger partial charge in [-0.2, -0.15) is 4.72 Å². The van der Waals surface area contributed by atoms with Gasteiger partial charge in [0.05, 0.1) is 23.9 Å². The molecule has 170 valence electrons. The number of fused-ring (bicyclic) bond motifs is 1. The van der Waals surface area contributed by atoms with Gasteiger partial charge >= 0.3 is 5.97 Å². The fraction of sp³-hybridized carbons (Fsp3) is 0.619. The molecule has 10 heteroatoms. The number of carbonyl (C=O) groups excluding carboxylic acids is 2. The summed E-state index contributed by atoms with van der Waals surface area (Å²) >= 11 is 5.89. The zero-order chi connectivity index (χ0) is 22.0. The van der Waals surface area contributed by atoms with Crippen LogP contribution in [0.2, 0.25) is 5.02 Å². The Morgan fingerprint density at radius 3 is 2.74 bits per heavy atom. The van der Waals surface area contributed by atoms with Crippen LogP contribution in [0.1, 0.15) is 38.5 Å². The first-order valence-corrected chi connectivity index (χ1v) is 12.7. The second-order valence-corrected chi connectivity index (χ2v) is 10.9. The van der Waals surface area contributed by atoms with Gasteiger partial charge in [0.1, 0.15) is 0 Å². The van der Waals surface area contributed by atoms with Crippen molar-refractivity contribution < 1.29 is 22.7 Å². The van der Waals surface area contributed by atoms with E-state index in [0.29, 0.717) is 30.2 Å². The molecule has 4 atom stereocenters. The molecule has 0 spiro atoms. The van der Waals surface area contributed by atoms with Crippen molar-refractivity contribution in [3.05, 3.63) is 29.3 Å². The molecule has 1 aromatic carbocycles. The van der Waals surface area contributed by atoms with Crippen LogP contribution in [0.4, 0.5) is 5.69 Å². The van der Waals surface area contributed by atoms with Gasteiger partial charge in [-0.1, -0.05) is 24.4 Å². The fourth-order valence-corrected chi connectivity index (χ4v) is 6.94. The first-order chi connectivity index (χ1) is 14.8. The highest BCUT2D eigenvalue weighted by molar-refractivity contribution is 7.90. The van der Waals surface area contributed by atoms with Crippen LogP contribution in [-0.2, 0) is 24.3 Å². The predicted molar refractivity (Wildman–Crippen MR) is 117 cm³/mol. The Kier molecular flexibility index (Phi) is 6.86. The van der Waals surface area contributed by atoms with Crippen LogP contribution in [0.25, 0.3) is 0 Å². The SMILES string of the molecule is O=C(OCCCNC1NS(=O)(=O)C2CCCCC12)C1CC(=O)N(c2ccc(Cl)cc2)C1. The van der Waals surface area contributed by atoms with E-state index in [-0.39, 0.29) is 42.2 Å². The number of nitrogens with zero attached hydrogens (tertiary/aromatic N) is 1. The lowest BCUT2D eigenvalue weighted by Crippen LogP contribution is -2.43. The molecule has 3 aliphatic rings.